The van der Waals surface area contributed by atoms with Crippen LogP contribution in [0.1, 0.15) is 13.3 Å². The van der Waals surface area contributed by atoms with Crippen molar-refractivity contribution in [2.75, 3.05) is 33.2 Å². The maximum Gasteiger partial charge on any atom is 0.236 e. The summed E-state index contributed by atoms with van der Waals surface area (Å²) >= 11 is 7.53. The number of halogens is 1. The number of carbonyl (C=O) groups excluding carboxylic acids is 1. The van der Waals surface area contributed by atoms with Gasteiger partial charge in [-0.2, -0.15) is 0 Å². The fourth-order valence-electron chi connectivity index (χ4n) is 2.22. The number of piperazine rings is 1. The number of benzene rings is 1. The molecule has 3 nitrogen and oxygen atoms in total. The van der Waals surface area contributed by atoms with E-state index in [1.54, 1.807) is 11.8 Å². The maximum atomic E-state index is 12.6. The number of amides is 1. The molecule has 1 atom stereocenters. The van der Waals surface area contributed by atoms with E-state index in [1.165, 1.54) is 0 Å². The van der Waals surface area contributed by atoms with Crippen molar-refractivity contribution in [3.05, 3.63) is 29.3 Å². The smallest absolute Gasteiger partial charge is 0.236 e. The normalized spacial score (nSPS) is 18.1. The van der Waals surface area contributed by atoms with Gasteiger partial charge in [0.2, 0.25) is 5.91 Å². The molecule has 1 aliphatic rings. The van der Waals surface area contributed by atoms with Crippen LogP contribution < -0.4 is 0 Å². The third kappa shape index (κ3) is 4.14. The van der Waals surface area contributed by atoms with Crippen LogP contribution in [-0.2, 0) is 4.79 Å². The monoisotopic (exact) mass is 312 g/mol. The van der Waals surface area contributed by atoms with Crippen molar-refractivity contribution in [3.8, 4) is 0 Å². The van der Waals surface area contributed by atoms with Gasteiger partial charge in [0.05, 0.1) is 5.25 Å². The molecule has 1 aromatic carbocycles. The molecule has 1 amide bonds. The molecule has 0 N–H and O–H groups in total. The number of nitrogens with zero attached hydrogens (tertiary/aromatic N) is 2. The number of rotatable bonds is 4. The number of thioether (sulfide) groups is 1. The standard InChI is InChI=1S/C15H21ClN2OS/c1-3-14(20-13-6-4-12(16)5-7-13)15(19)18-10-8-17(2)9-11-18/h4-7,14H,3,8-11H2,1-2H3/t14-/m0/s1. The van der Waals surface area contributed by atoms with E-state index in [4.69, 9.17) is 11.6 Å². The van der Waals surface area contributed by atoms with Crippen LogP contribution >= 0.6 is 23.4 Å². The lowest BCUT2D eigenvalue weighted by Gasteiger charge is -2.34. The topological polar surface area (TPSA) is 23.6 Å². The summed E-state index contributed by atoms with van der Waals surface area (Å²) in [5.41, 5.74) is 0. The van der Waals surface area contributed by atoms with Gasteiger partial charge >= 0.3 is 0 Å². The van der Waals surface area contributed by atoms with Gasteiger partial charge in [-0.05, 0) is 37.7 Å². The predicted molar refractivity (Wildman–Crippen MR) is 85.5 cm³/mol. The summed E-state index contributed by atoms with van der Waals surface area (Å²) in [7, 11) is 2.10. The second-order valence-electron chi connectivity index (χ2n) is 5.10. The summed E-state index contributed by atoms with van der Waals surface area (Å²) in [6.45, 7) is 5.68. The molecule has 0 radical (unpaired) electrons. The highest BCUT2D eigenvalue weighted by Crippen LogP contribution is 2.28. The Morgan fingerprint density at radius 3 is 2.40 bits per heavy atom. The van der Waals surface area contributed by atoms with Gasteiger partial charge < -0.3 is 9.80 Å². The molecular formula is C15H21ClN2OS. The third-order valence-corrected chi connectivity index (χ3v) is 5.17. The van der Waals surface area contributed by atoms with Crippen LogP contribution in [0.4, 0.5) is 0 Å². The Morgan fingerprint density at radius 2 is 1.85 bits per heavy atom. The molecule has 0 aromatic heterocycles. The van der Waals surface area contributed by atoms with Crippen molar-refractivity contribution in [2.45, 2.75) is 23.5 Å². The zero-order valence-corrected chi connectivity index (χ0v) is 13.6. The second kappa shape index (κ2) is 7.34. The Bertz CT molecular complexity index is 444. The highest BCUT2D eigenvalue weighted by molar-refractivity contribution is 8.00. The summed E-state index contributed by atoms with van der Waals surface area (Å²) < 4.78 is 0. The zero-order chi connectivity index (χ0) is 14.5. The minimum Gasteiger partial charge on any atom is -0.339 e. The summed E-state index contributed by atoms with van der Waals surface area (Å²) in [5.74, 6) is 0.264. The van der Waals surface area contributed by atoms with Crippen LogP contribution in [0, 0.1) is 0 Å². The highest BCUT2D eigenvalue weighted by atomic mass is 35.5. The Balaban J connectivity index is 1.97. The Hall–Kier alpha value is -0.710. The fraction of sp³-hybridized carbons (Fsp3) is 0.533. The van der Waals surface area contributed by atoms with E-state index in [0.717, 1.165) is 42.5 Å². The van der Waals surface area contributed by atoms with Gasteiger partial charge in [0.15, 0.2) is 0 Å². The van der Waals surface area contributed by atoms with Gasteiger partial charge in [0.25, 0.3) is 0 Å². The first kappa shape index (κ1) is 15.7. The lowest BCUT2D eigenvalue weighted by atomic mass is 10.2. The largest absolute Gasteiger partial charge is 0.339 e. The zero-order valence-electron chi connectivity index (χ0n) is 12.0. The average molecular weight is 313 g/mol. The maximum absolute atomic E-state index is 12.6. The molecule has 5 heteroatoms. The average Bonchev–Trinajstić information content (AvgIpc) is 2.47. The molecule has 1 aliphatic heterocycles. The van der Waals surface area contributed by atoms with E-state index >= 15 is 0 Å². The lowest BCUT2D eigenvalue weighted by molar-refractivity contribution is -0.132. The molecule has 110 valence electrons. The number of carbonyl (C=O) groups is 1. The van der Waals surface area contributed by atoms with Crippen LogP contribution in [0.3, 0.4) is 0 Å². The van der Waals surface area contributed by atoms with Crippen molar-refractivity contribution >= 4 is 29.3 Å². The van der Waals surface area contributed by atoms with Gasteiger partial charge in [-0.15, -0.1) is 11.8 Å². The van der Waals surface area contributed by atoms with E-state index in [1.807, 2.05) is 29.2 Å². The lowest BCUT2D eigenvalue weighted by Crippen LogP contribution is -2.49. The van der Waals surface area contributed by atoms with Crippen molar-refractivity contribution < 1.29 is 4.79 Å². The second-order valence-corrected chi connectivity index (χ2v) is 6.81. The Kier molecular flexibility index (Phi) is 5.75. The number of hydrogen-bond acceptors (Lipinski definition) is 3. The molecule has 1 saturated heterocycles. The number of likely N-dealkylation sites (N-methyl/N-ethyl adjacent to an activating group) is 1. The Labute approximate surface area is 130 Å². The molecule has 0 aliphatic carbocycles. The van der Waals surface area contributed by atoms with E-state index in [9.17, 15) is 4.79 Å². The minimum atomic E-state index is -0.000387. The van der Waals surface area contributed by atoms with Crippen LogP contribution in [0.15, 0.2) is 29.2 Å². The van der Waals surface area contributed by atoms with Crippen LogP contribution in [0.25, 0.3) is 0 Å². The molecular weight excluding hydrogens is 292 g/mol. The molecule has 2 rings (SSSR count). The Morgan fingerprint density at radius 1 is 1.25 bits per heavy atom. The van der Waals surface area contributed by atoms with E-state index in [-0.39, 0.29) is 11.2 Å². The molecule has 0 bridgehead atoms. The first-order valence-electron chi connectivity index (χ1n) is 6.99. The van der Waals surface area contributed by atoms with Gasteiger partial charge in [-0.1, -0.05) is 18.5 Å². The third-order valence-electron chi connectivity index (χ3n) is 3.55. The van der Waals surface area contributed by atoms with Gasteiger partial charge in [-0.25, -0.2) is 0 Å². The summed E-state index contributed by atoms with van der Waals surface area (Å²) in [6, 6.07) is 7.70. The molecule has 1 fully saturated rings. The number of hydrogen-bond donors (Lipinski definition) is 0. The van der Waals surface area contributed by atoms with E-state index < -0.39 is 0 Å². The van der Waals surface area contributed by atoms with Crippen LogP contribution in [0.2, 0.25) is 5.02 Å². The van der Waals surface area contributed by atoms with Gasteiger partial charge in [0.1, 0.15) is 0 Å². The fourth-order valence-corrected chi connectivity index (χ4v) is 3.38. The van der Waals surface area contributed by atoms with Crippen LogP contribution in [-0.4, -0.2) is 54.2 Å². The van der Waals surface area contributed by atoms with Crippen molar-refractivity contribution in [2.24, 2.45) is 0 Å². The van der Waals surface area contributed by atoms with Gasteiger partial charge in [0, 0.05) is 36.1 Å². The molecule has 1 heterocycles. The molecule has 0 unspecified atom stereocenters. The van der Waals surface area contributed by atoms with E-state index in [2.05, 4.69) is 18.9 Å². The van der Waals surface area contributed by atoms with Crippen molar-refractivity contribution in [1.29, 1.82) is 0 Å². The molecule has 0 spiro atoms. The minimum absolute atomic E-state index is 0.000387. The summed E-state index contributed by atoms with van der Waals surface area (Å²) in [5, 5.41) is 0.729. The molecule has 0 saturated carbocycles. The SMILES string of the molecule is CC[C@H](Sc1ccc(Cl)cc1)C(=O)N1CCN(C)CC1. The predicted octanol–water partition coefficient (Wildman–Crippen LogP) is 2.98. The van der Waals surface area contributed by atoms with Gasteiger partial charge in [-0.3, -0.25) is 4.79 Å². The van der Waals surface area contributed by atoms with Crippen molar-refractivity contribution in [3.63, 3.8) is 0 Å². The summed E-state index contributed by atoms with van der Waals surface area (Å²) in [4.78, 5) is 17.9. The first-order valence-corrected chi connectivity index (χ1v) is 8.25. The highest BCUT2D eigenvalue weighted by Gasteiger charge is 2.26. The van der Waals surface area contributed by atoms with Crippen molar-refractivity contribution in [1.82, 2.24) is 9.80 Å². The molecule has 1 aromatic rings. The van der Waals surface area contributed by atoms with E-state index in [0.29, 0.717) is 0 Å². The summed E-state index contributed by atoms with van der Waals surface area (Å²) in [6.07, 6.45) is 0.846. The van der Waals surface area contributed by atoms with Crippen LogP contribution in [0.5, 0.6) is 0 Å². The quantitative estimate of drug-likeness (QED) is 0.799. The first-order chi connectivity index (χ1) is 9.60. The molecule has 20 heavy (non-hydrogen) atoms.